The standard InChI is InChI=1S/C16H18Br2OSi/c17-12-11-14(13-18)19-20(15-7-3-1-4-8-15)16-9-5-2-6-10-16/h1-10,14,20H,11-13H2/t14-/m0/s1. The van der Waals surface area contributed by atoms with E-state index in [9.17, 15) is 0 Å². The van der Waals surface area contributed by atoms with E-state index in [0.717, 1.165) is 17.1 Å². The zero-order valence-electron chi connectivity index (χ0n) is 11.2. The van der Waals surface area contributed by atoms with Gasteiger partial charge in [-0.25, -0.2) is 0 Å². The number of alkyl halides is 2. The summed E-state index contributed by atoms with van der Waals surface area (Å²) >= 11 is 7.07. The molecule has 1 nitrogen and oxygen atoms in total. The molecule has 2 rings (SSSR count). The predicted molar refractivity (Wildman–Crippen MR) is 96.4 cm³/mol. The number of rotatable bonds is 7. The molecule has 0 bridgehead atoms. The second kappa shape index (κ2) is 8.77. The van der Waals surface area contributed by atoms with Crippen LogP contribution in [0.4, 0.5) is 0 Å². The highest BCUT2D eigenvalue weighted by molar-refractivity contribution is 9.09. The Balaban J connectivity index is 2.25. The fourth-order valence-corrected chi connectivity index (χ4v) is 5.83. The summed E-state index contributed by atoms with van der Waals surface area (Å²) in [5.74, 6) is 0. The van der Waals surface area contributed by atoms with Crippen LogP contribution in [-0.2, 0) is 4.43 Å². The summed E-state index contributed by atoms with van der Waals surface area (Å²) in [6.45, 7) is 0. The van der Waals surface area contributed by atoms with Gasteiger partial charge in [0, 0.05) is 10.7 Å². The van der Waals surface area contributed by atoms with Crippen molar-refractivity contribution in [3.63, 3.8) is 0 Å². The Morgan fingerprint density at radius 2 is 1.35 bits per heavy atom. The van der Waals surface area contributed by atoms with E-state index in [1.54, 1.807) is 0 Å². The van der Waals surface area contributed by atoms with Gasteiger partial charge < -0.3 is 4.43 Å². The van der Waals surface area contributed by atoms with Crippen molar-refractivity contribution in [2.75, 3.05) is 10.7 Å². The van der Waals surface area contributed by atoms with E-state index in [-0.39, 0.29) is 6.10 Å². The van der Waals surface area contributed by atoms with Gasteiger partial charge in [-0.2, -0.15) is 0 Å². The van der Waals surface area contributed by atoms with Crippen molar-refractivity contribution < 1.29 is 4.43 Å². The van der Waals surface area contributed by atoms with Crippen molar-refractivity contribution in [3.8, 4) is 0 Å². The molecule has 0 saturated heterocycles. The van der Waals surface area contributed by atoms with Crippen molar-refractivity contribution in [2.45, 2.75) is 12.5 Å². The molecule has 0 aliphatic carbocycles. The average molecular weight is 414 g/mol. The Bertz CT molecular complexity index is 453. The van der Waals surface area contributed by atoms with Gasteiger partial charge in [0.25, 0.3) is 0 Å². The second-order valence-electron chi connectivity index (χ2n) is 4.59. The van der Waals surface area contributed by atoms with Crippen molar-refractivity contribution in [1.29, 1.82) is 0 Å². The van der Waals surface area contributed by atoms with Gasteiger partial charge in [0.05, 0.1) is 6.10 Å². The molecule has 0 heterocycles. The molecule has 20 heavy (non-hydrogen) atoms. The monoisotopic (exact) mass is 412 g/mol. The summed E-state index contributed by atoms with van der Waals surface area (Å²) in [5.41, 5.74) is 0. The lowest BCUT2D eigenvalue weighted by atomic mass is 10.3. The molecule has 0 N–H and O–H groups in total. The van der Waals surface area contributed by atoms with Crippen LogP contribution in [0.25, 0.3) is 0 Å². The summed E-state index contributed by atoms with van der Waals surface area (Å²) in [6, 6.07) is 21.2. The Morgan fingerprint density at radius 1 is 0.850 bits per heavy atom. The van der Waals surface area contributed by atoms with Crippen LogP contribution in [0.1, 0.15) is 6.42 Å². The maximum Gasteiger partial charge on any atom is 0.240 e. The van der Waals surface area contributed by atoms with Crippen LogP contribution in [0.3, 0.4) is 0 Å². The number of benzene rings is 2. The third-order valence-electron chi connectivity index (χ3n) is 3.14. The zero-order valence-corrected chi connectivity index (χ0v) is 15.5. The molecule has 0 aliphatic rings. The number of hydrogen-bond donors (Lipinski definition) is 0. The largest absolute Gasteiger partial charge is 0.407 e. The molecule has 0 spiro atoms. The van der Waals surface area contributed by atoms with Gasteiger partial charge in [-0.1, -0.05) is 92.5 Å². The van der Waals surface area contributed by atoms with Crippen LogP contribution in [0.15, 0.2) is 60.7 Å². The minimum Gasteiger partial charge on any atom is -0.407 e. The molecular weight excluding hydrogens is 396 g/mol. The molecule has 0 saturated carbocycles. The summed E-state index contributed by atoms with van der Waals surface area (Å²) in [4.78, 5) is 0. The first kappa shape index (κ1) is 16.0. The normalized spacial score (nSPS) is 12.6. The third kappa shape index (κ3) is 4.55. The molecule has 0 aliphatic heterocycles. The summed E-state index contributed by atoms with van der Waals surface area (Å²) in [5, 5.41) is 4.51. The molecule has 0 aromatic heterocycles. The van der Waals surface area contributed by atoms with Gasteiger partial charge in [-0.05, 0) is 16.8 Å². The Labute approximate surface area is 139 Å². The van der Waals surface area contributed by atoms with E-state index in [2.05, 4.69) is 92.5 Å². The van der Waals surface area contributed by atoms with E-state index in [1.165, 1.54) is 10.4 Å². The predicted octanol–water partition coefficient (Wildman–Crippen LogP) is 3.09. The van der Waals surface area contributed by atoms with E-state index in [4.69, 9.17) is 4.43 Å². The molecule has 1 atom stereocenters. The van der Waals surface area contributed by atoms with Crippen molar-refractivity contribution in [3.05, 3.63) is 60.7 Å². The van der Waals surface area contributed by atoms with Crippen LogP contribution in [0, 0.1) is 0 Å². The maximum absolute atomic E-state index is 6.47. The van der Waals surface area contributed by atoms with Gasteiger partial charge in [0.2, 0.25) is 9.04 Å². The van der Waals surface area contributed by atoms with Crippen molar-refractivity contribution in [1.82, 2.24) is 0 Å². The molecule has 0 unspecified atom stereocenters. The highest BCUT2D eigenvalue weighted by Gasteiger charge is 2.21. The fraction of sp³-hybridized carbons (Fsp3) is 0.250. The molecule has 0 radical (unpaired) electrons. The van der Waals surface area contributed by atoms with Gasteiger partial charge in [-0.15, -0.1) is 0 Å². The highest BCUT2D eigenvalue weighted by Crippen LogP contribution is 2.08. The number of halogens is 2. The molecular formula is C16H18Br2OSi. The lowest BCUT2D eigenvalue weighted by Crippen LogP contribution is -2.47. The first-order valence-electron chi connectivity index (χ1n) is 6.72. The van der Waals surface area contributed by atoms with Crippen molar-refractivity contribution in [2.24, 2.45) is 0 Å². The third-order valence-corrected chi connectivity index (χ3v) is 6.95. The van der Waals surface area contributed by atoms with Gasteiger partial charge in [-0.3, -0.25) is 0 Å². The van der Waals surface area contributed by atoms with Crippen LogP contribution in [0.5, 0.6) is 0 Å². The number of hydrogen-bond acceptors (Lipinski definition) is 1. The van der Waals surface area contributed by atoms with E-state index < -0.39 is 9.04 Å². The average Bonchev–Trinajstić information content (AvgIpc) is 2.53. The van der Waals surface area contributed by atoms with E-state index in [0.29, 0.717) is 0 Å². The highest BCUT2D eigenvalue weighted by atomic mass is 79.9. The van der Waals surface area contributed by atoms with E-state index >= 15 is 0 Å². The minimum absolute atomic E-state index is 0.256. The van der Waals surface area contributed by atoms with E-state index in [1.807, 2.05) is 0 Å². The minimum atomic E-state index is -1.61. The topological polar surface area (TPSA) is 9.23 Å². The fourth-order valence-electron chi connectivity index (χ4n) is 2.10. The second-order valence-corrected chi connectivity index (χ2v) is 8.40. The molecule has 4 heteroatoms. The van der Waals surface area contributed by atoms with Gasteiger partial charge >= 0.3 is 0 Å². The first-order valence-corrected chi connectivity index (χ1v) is 10.6. The molecule has 0 amide bonds. The Morgan fingerprint density at radius 3 is 1.75 bits per heavy atom. The first-order chi connectivity index (χ1) is 9.85. The lowest BCUT2D eigenvalue weighted by Gasteiger charge is -2.23. The lowest BCUT2D eigenvalue weighted by molar-refractivity contribution is 0.234. The zero-order chi connectivity index (χ0) is 14.2. The molecule has 106 valence electrons. The molecule has 2 aromatic rings. The quantitative estimate of drug-likeness (QED) is 0.500. The maximum atomic E-state index is 6.47. The Hall–Kier alpha value is -0.423. The molecule has 0 fully saturated rings. The van der Waals surface area contributed by atoms with Crippen LogP contribution < -0.4 is 10.4 Å². The van der Waals surface area contributed by atoms with Crippen molar-refractivity contribution >= 4 is 51.3 Å². The summed E-state index contributed by atoms with van der Waals surface area (Å²) in [7, 11) is -1.61. The Kier molecular flexibility index (Phi) is 7.00. The smallest absolute Gasteiger partial charge is 0.240 e. The summed E-state index contributed by atoms with van der Waals surface area (Å²) in [6.07, 6.45) is 1.28. The molecule has 2 aromatic carbocycles. The summed E-state index contributed by atoms with van der Waals surface area (Å²) < 4.78 is 6.47. The van der Waals surface area contributed by atoms with Crippen LogP contribution in [-0.4, -0.2) is 25.8 Å². The van der Waals surface area contributed by atoms with Gasteiger partial charge in [0.1, 0.15) is 0 Å². The van der Waals surface area contributed by atoms with Crippen LogP contribution in [0.2, 0.25) is 0 Å². The SMILES string of the molecule is BrCC[C@@H](CBr)O[SiH](c1ccccc1)c1ccccc1. The van der Waals surface area contributed by atoms with Gasteiger partial charge in [0.15, 0.2) is 0 Å². The van der Waals surface area contributed by atoms with Crippen LogP contribution >= 0.6 is 31.9 Å².